The van der Waals surface area contributed by atoms with Crippen molar-refractivity contribution in [1.82, 2.24) is 0 Å². The van der Waals surface area contributed by atoms with Gasteiger partial charge in [-0.1, -0.05) is 30.3 Å². The number of aliphatic hydroxyl groups is 1. The molecule has 0 aliphatic carbocycles. The molecule has 0 heterocycles. The number of esters is 1. The summed E-state index contributed by atoms with van der Waals surface area (Å²) in [6, 6.07) is 9.19. The van der Waals surface area contributed by atoms with Crippen LogP contribution in [-0.2, 0) is 9.53 Å². The van der Waals surface area contributed by atoms with Gasteiger partial charge in [-0.25, -0.2) is 0 Å². The van der Waals surface area contributed by atoms with Gasteiger partial charge in [0.2, 0.25) is 0 Å². The Bertz CT molecular complexity index is 338. The van der Waals surface area contributed by atoms with E-state index in [0.29, 0.717) is 6.61 Å². The number of rotatable bonds is 4. The van der Waals surface area contributed by atoms with Crippen LogP contribution < -0.4 is 0 Å². The summed E-state index contributed by atoms with van der Waals surface area (Å²) in [6.07, 6.45) is 0. The summed E-state index contributed by atoms with van der Waals surface area (Å²) in [5.74, 6) is -1.03. The van der Waals surface area contributed by atoms with Crippen LogP contribution in [0, 0.1) is 0 Å². The second-order valence-corrected chi connectivity index (χ2v) is 4.25. The summed E-state index contributed by atoms with van der Waals surface area (Å²) in [5.41, 5.74) is -0.360. The van der Waals surface area contributed by atoms with Gasteiger partial charge in [0.1, 0.15) is 5.92 Å². The topological polar surface area (TPSA) is 46.5 Å². The quantitative estimate of drug-likeness (QED) is 0.794. The van der Waals surface area contributed by atoms with Crippen LogP contribution in [0.3, 0.4) is 0 Å². The predicted octanol–water partition coefficient (Wildman–Crippen LogP) is 2.10. The molecule has 0 aromatic heterocycles. The summed E-state index contributed by atoms with van der Waals surface area (Å²) < 4.78 is 4.99. The van der Waals surface area contributed by atoms with Crippen LogP contribution in [0.25, 0.3) is 0 Å². The minimum Gasteiger partial charge on any atom is -0.465 e. The van der Waals surface area contributed by atoms with Gasteiger partial charge in [-0.3, -0.25) is 4.79 Å². The lowest BCUT2D eigenvalue weighted by Crippen LogP contribution is -2.35. The fourth-order valence-corrected chi connectivity index (χ4v) is 1.70. The first kappa shape index (κ1) is 12.7. The minimum absolute atomic E-state index is 0.318. The van der Waals surface area contributed by atoms with Crippen molar-refractivity contribution in [2.45, 2.75) is 32.3 Å². The van der Waals surface area contributed by atoms with Crippen LogP contribution in [0.1, 0.15) is 32.3 Å². The van der Waals surface area contributed by atoms with Crippen LogP contribution in [0.5, 0.6) is 0 Å². The van der Waals surface area contributed by atoms with E-state index in [0.717, 1.165) is 5.56 Å². The average Bonchev–Trinajstić information content (AvgIpc) is 2.17. The molecule has 0 saturated heterocycles. The van der Waals surface area contributed by atoms with E-state index < -0.39 is 11.5 Å². The highest BCUT2D eigenvalue weighted by Crippen LogP contribution is 2.29. The molecular weight excluding hydrogens is 204 g/mol. The summed E-state index contributed by atoms with van der Waals surface area (Å²) in [6.45, 7) is 5.30. The van der Waals surface area contributed by atoms with E-state index >= 15 is 0 Å². The molecule has 0 radical (unpaired) electrons. The molecule has 0 aliphatic heterocycles. The Labute approximate surface area is 96.1 Å². The molecule has 1 rings (SSSR count). The third-order valence-corrected chi connectivity index (χ3v) is 2.36. The Balaban J connectivity index is 3.02. The number of hydrogen-bond acceptors (Lipinski definition) is 3. The van der Waals surface area contributed by atoms with Gasteiger partial charge >= 0.3 is 5.97 Å². The molecule has 1 N–H and O–H groups in total. The average molecular weight is 222 g/mol. The molecule has 0 unspecified atom stereocenters. The van der Waals surface area contributed by atoms with Gasteiger partial charge in [0.05, 0.1) is 12.2 Å². The lowest BCUT2D eigenvalue weighted by atomic mass is 9.85. The molecule has 88 valence electrons. The highest BCUT2D eigenvalue weighted by molar-refractivity contribution is 5.79. The monoisotopic (exact) mass is 222 g/mol. The first-order chi connectivity index (χ1) is 7.46. The maximum atomic E-state index is 11.8. The van der Waals surface area contributed by atoms with Crippen molar-refractivity contribution in [3.8, 4) is 0 Å². The van der Waals surface area contributed by atoms with Crippen molar-refractivity contribution in [3.63, 3.8) is 0 Å². The zero-order valence-electron chi connectivity index (χ0n) is 9.93. The summed E-state index contributed by atoms with van der Waals surface area (Å²) in [7, 11) is 0. The number of carbonyl (C=O) groups excluding carboxylic acids is 1. The standard InChI is InChI=1S/C13H18O3/c1-4-16-12(14)11(13(2,3)15)10-8-6-5-7-9-10/h5-9,11,15H,4H2,1-3H3/t11-/m1/s1. The van der Waals surface area contributed by atoms with Gasteiger partial charge in [0.25, 0.3) is 0 Å². The Morgan fingerprint density at radius 1 is 1.38 bits per heavy atom. The molecule has 0 aliphatic rings. The van der Waals surface area contributed by atoms with E-state index in [1.807, 2.05) is 30.3 Å². The van der Waals surface area contributed by atoms with Gasteiger partial charge in [0, 0.05) is 0 Å². The van der Waals surface area contributed by atoms with E-state index in [2.05, 4.69) is 0 Å². The third kappa shape index (κ3) is 3.07. The normalized spacial score (nSPS) is 13.2. The molecule has 0 fully saturated rings. The molecule has 0 amide bonds. The third-order valence-electron chi connectivity index (χ3n) is 2.36. The van der Waals surface area contributed by atoms with Gasteiger partial charge in [0.15, 0.2) is 0 Å². The number of ether oxygens (including phenoxy) is 1. The predicted molar refractivity (Wildman–Crippen MR) is 62.1 cm³/mol. The van der Waals surface area contributed by atoms with Crippen molar-refractivity contribution in [2.75, 3.05) is 6.61 Å². The van der Waals surface area contributed by atoms with E-state index in [-0.39, 0.29) is 5.97 Å². The fourth-order valence-electron chi connectivity index (χ4n) is 1.70. The summed E-state index contributed by atoms with van der Waals surface area (Å²) in [4.78, 5) is 11.8. The first-order valence-corrected chi connectivity index (χ1v) is 5.40. The Morgan fingerprint density at radius 2 is 1.94 bits per heavy atom. The molecule has 3 nitrogen and oxygen atoms in total. The highest BCUT2D eigenvalue weighted by atomic mass is 16.5. The fraction of sp³-hybridized carbons (Fsp3) is 0.462. The van der Waals surface area contributed by atoms with Crippen LogP contribution in [0.4, 0.5) is 0 Å². The Morgan fingerprint density at radius 3 is 2.38 bits per heavy atom. The molecule has 16 heavy (non-hydrogen) atoms. The van der Waals surface area contributed by atoms with Crippen LogP contribution in [0.2, 0.25) is 0 Å². The molecule has 0 bridgehead atoms. The molecule has 1 aromatic carbocycles. The van der Waals surface area contributed by atoms with Crippen molar-refractivity contribution >= 4 is 5.97 Å². The second kappa shape index (κ2) is 5.12. The van der Waals surface area contributed by atoms with Crippen molar-refractivity contribution in [2.24, 2.45) is 0 Å². The van der Waals surface area contributed by atoms with Crippen LogP contribution in [0.15, 0.2) is 30.3 Å². The molecule has 1 aromatic rings. The minimum atomic E-state index is -1.13. The number of benzene rings is 1. The smallest absolute Gasteiger partial charge is 0.316 e. The first-order valence-electron chi connectivity index (χ1n) is 5.40. The van der Waals surface area contributed by atoms with Gasteiger partial charge in [-0.2, -0.15) is 0 Å². The SMILES string of the molecule is CCOC(=O)[C@@H](c1ccccc1)C(C)(C)O. The van der Waals surface area contributed by atoms with Gasteiger partial charge in [-0.05, 0) is 26.3 Å². The summed E-state index contributed by atoms with van der Waals surface area (Å²) in [5, 5.41) is 10.0. The molecule has 0 spiro atoms. The van der Waals surface area contributed by atoms with Crippen molar-refractivity contribution in [1.29, 1.82) is 0 Å². The molecule has 3 heteroatoms. The van der Waals surface area contributed by atoms with Crippen LogP contribution >= 0.6 is 0 Å². The van der Waals surface area contributed by atoms with E-state index in [1.54, 1.807) is 20.8 Å². The van der Waals surface area contributed by atoms with Crippen molar-refractivity contribution < 1.29 is 14.6 Å². The van der Waals surface area contributed by atoms with E-state index in [9.17, 15) is 9.90 Å². The Hall–Kier alpha value is -1.35. The zero-order valence-corrected chi connectivity index (χ0v) is 9.93. The largest absolute Gasteiger partial charge is 0.465 e. The zero-order chi connectivity index (χ0) is 12.2. The summed E-state index contributed by atoms with van der Waals surface area (Å²) >= 11 is 0. The van der Waals surface area contributed by atoms with E-state index in [4.69, 9.17) is 4.74 Å². The Kier molecular flexibility index (Phi) is 4.07. The van der Waals surface area contributed by atoms with E-state index in [1.165, 1.54) is 0 Å². The van der Waals surface area contributed by atoms with Gasteiger partial charge < -0.3 is 9.84 Å². The number of hydrogen-bond donors (Lipinski definition) is 1. The maximum absolute atomic E-state index is 11.8. The second-order valence-electron chi connectivity index (χ2n) is 4.25. The van der Waals surface area contributed by atoms with Crippen molar-refractivity contribution in [3.05, 3.63) is 35.9 Å². The van der Waals surface area contributed by atoms with Crippen LogP contribution in [-0.4, -0.2) is 23.3 Å². The molecule has 1 atom stereocenters. The lowest BCUT2D eigenvalue weighted by molar-refractivity contribution is -0.150. The molecule has 0 saturated carbocycles. The highest BCUT2D eigenvalue weighted by Gasteiger charge is 2.35. The maximum Gasteiger partial charge on any atom is 0.316 e. The lowest BCUT2D eigenvalue weighted by Gasteiger charge is -2.27. The van der Waals surface area contributed by atoms with Gasteiger partial charge in [-0.15, -0.1) is 0 Å². The molecular formula is C13H18O3. The number of carbonyl (C=O) groups is 1.